The van der Waals surface area contributed by atoms with E-state index in [1.165, 1.54) is 38.3 Å². The van der Waals surface area contributed by atoms with Crippen molar-refractivity contribution in [2.45, 2.75) is 95.3 Å². The van der Waals surface area contributed by atoms with Crippen LogP contribution in [0.3, 0.4) is 0 Å². The lowest BCUT2D eigenvalue weighted by molar-refractivity contribution is -0.143. The molecule has 0 aliphatic carbocycles. The molecule has 0 bridgehead atoms. The normalized spacial score (nSPS) is 15.8. The predicted octanol–water partition coefficient (Wildman–Crippen LogP) is 15.2. The second-order valence-corrected chi connectivity index (χ2v) is 34.3. The van der Waals surface area contributed by atoms with Gasteiger partial charge in [0.1, 0.15) is 97.4 Å². The molecule has 4 atom stereocenters. The van der Waals surface area contributed by atoms with Gasteiger partial charge in [-0.3, -0.25) is 57.1 Å². The molecule has 4 saturated heterocycles. The molecule has 12 heterocycles. The average Bonchev–Trinajstić information content (AvgIpc) is 1.60. The van der Waals surface area contributed by atoms with Crippen LogP contribution in [0, 0.1) is 0 Å². The number of para-hydroxylation sites is 4. The number of amides is 4. The third-order valence-electron chi connectivity index (χ3n) is 25.0. The average molecular weight is 1940 g/mol. The lowest BCUT2D eigenvalue weighted by Crippen LogP contribution is -2.41. The fraction of sp³-hybridized carbons (Fsp3) is 0.231. The fourth-order valence-electron chi connectivity index (χ4n) is 18.2. The van der Waals surface area contributed by atoms with Crippen molar-refractivity contribution >= 4 is 90.5 Å². The molecule has 143 heavy (non-hydrogen) atoms. The van der Waals surface area contributed by atoms with Crippen LogP contribution < -0.4 is 64.1 Å². The molecule has 39 heteroatoms. The number of nitrogens with one attached hydrogen (secondary N) is 1. The number of piperidine rings is 3. The van der Waals surface area contributed by atoms with E-state index in [2.05, 4.69) is 56.9 Å². The van der Waals surface area contributed by atoms with Gasteiger partial charge >= 0.3 is 6.18 Å². The number of alkyl halides is 3. The van der Waals surface area contributed by atoms with Gasteiger partial charge in [-0.1, -0.05) is 99.1 Å². The number of benzene rings is 8. The second-order valence-electron chi connectivity index (χ2n) is 34.3. The van der Waals surface area contributed by atoms with Gasteiger partial charge in [0, 0.05) is 88.2 Å². The van der Waals surface area contributed by atoms with Crippen molar-refractivity contribution in [3.8, 4) is 91.0 Å². The Hall–Kier alpha value is -17.8. The molecule has 0 spiro atoms. The van der Waals surface area contributed by atoms with E-state index < -0.39 is 24.3 Å². The summed E-state index contributed by atoms with van der Waals surface area (Å²) in [5.41, 5.74) is 29.1. The number of aromatic nitrogens is 16. The number of aromatic amines is 1. The minimum Gasteiger partial charge on any atom is -0.457 e. The van der Waals surface area contributed by atoms with Crippen molar-refractivity contribution < 1.29 is 51.3 Å². The van der Waals surface area contributed by atoms with Gasteiger partial charge in [0.25, 0.3) is 22.2 Å². The zero-order valence-corrected chi connectivity index (χ0v) is 78.1. The largest absolute Gasteiger partial charge is 0.457 e. The van der Waals surface area contributed by atoms with Crippen molar-refractivity contribution in [2.24, 2.45) is 7.05 Å². The van der Waals surface area contributed by atoms with E-state index in [9.17, 15) is 51.5 Å². The highest BCUT2D eigenvalue weighted by Crippen LogP contribution is 2.42. The number of likely N-dealkylation sites (tertiary alicyclic amines) is 4. The highest BCUT2D eigenvalue weighted by Gasteiger charge is 2.38. The molecule has 730 valence electrons. The molecule has 4 fully saturated rings. The number of H-pyrrole nitrogens is 1. The molecule has 0 saturated carbocycles. The number of carbonyl (C=O) groups excluding carboxylic acids is 4. The van der Waals surface area contributed by atoms with Crippen LogP contribution in [0.5, 0.6) is 46.0 Å². The Morgan fingerprint density at radius 3 is 0.951 bits per heavy atom. The summed E-state index contributed by atoms with van der Waals surface area (Å²) in [5.74, 6) is 5.17. The van der Waals surface area contributed by atoms with Crippen LogP contribution >= 0.6 is 0 Å². The summed E-state index contributed by atoms with van der Waals surface area (Å²) in [5, 5.41) is 39.6. The summed E-state index contributed by atoms with van der Waals surface area (Å²) in [6.45, 7) is 18.8. The molecule has 0 radical (unpaired) electrons. The highest BCUT2D eigenvalue weighted by molar-refractivity contribution is 6.03. The van der Waals surface area contributed by atoms with Crippen molar-refractivity contribution in [1.82, 2.24) is 98.3 Å². The summed E-state index contributed by atoms with van der Waals surface area (Å²) < 4.78 is 72.6. The highest BCUT2D eigenvalue weighted by atomic mass is 19.4. The number of nitrogens with zero attached hydrogens (tertiary/aromatic N) is 19. The number of fused-ring (bicyclic) bond motifs is 4. The Morgan fingerprint density at radius 2 is 0.636 bits per heavy atom. The van der Waals surface area contributed by atoms with Gasteiger partial charge in [-0.15, -0.1) is 0 Å². The summed E-state index contributed by atoms with van der Waals surface area (Å²) in [6, 6.07) is 66.0. The van der Waals surface area contributed by atoms with E-state index in [4.69, 9.17) is 57.2 Å². The maximum atomic E-state index is 13.4. The Bertz CT molecular complexity index is 7720. The summed E-state index contributed by atoms with van der Waals surface area (Å²) in [6.07, 6.45) is 5.46. The molecule has 20 rings (SSSR count). The van der Waals surface area contributed by atoms with Gasteiger partial charge in [0.15, 0.2) is 23.3 Å². The Kier molecular flexibility index (Phi) is 28.6. The summed E-state index contributed by atoms with van der Waals surface area (Å²) >= 11 is 0. The molecule has 4 aliphatic heterocycles. The molecule has 36 nitrogen and oxygen atoms in total. The number of nitrogen functional groups attached to an aromatic ring is 4. The van der Waals surface area contributed by atoms with Crippen LogP contribution in [0.25, 0.3) is 88.6 Å². The third-order valence-corrected chi connectivity index (χ3v) is 25.0. The molecule has 8 aromatic carbocycles. The molecule has 16 aromatic rings. The molecule has 4 aliphatic rings. The third kappa shape index (κ3) is 21.0. The van der Waals surface area contributed by atoms with E-state index in [0.717, 1.165) is 59.6 Å². The van der Waals surface area contributed by atoms with E-state index in [0.29, 0.717) is 166 Å². The van der Waals surface area contributed by atoms with Crippen LogP contribution in [0.15, 0.2) is 288 Å². The summed E-state index contributed by atoms with van der Waals surface area (Å²) in [4.78, 5) is 108. The van der Waals surface area contributed by atoms with E-state index in [1.54, 1.807) is 65.0 Å². The number of nitrogens with two attached hydrogens (primary N) is 4. The van der Waals surface area contributed by atoms with E-state index in [-0.39, 0.29) is 99.2 Å². The van der Waals surface area contributed by atoms with Crippen LogP contribution in [0.1, 0.15) is 76.0 Å². The molecule has 9 N–H and O–H groups in total. The van der Waals surface area contributed by atoms with Gasteiger partial charge in [0.05, 0.1) is 45.7 Å². The van der Waals surface area contributed by atoms with E-state index >= 15 is 0 Å². The molecule has 4 unspecified atom stereocenters. The first-order valence-corrected chi connectivity index (χ1v) is 46.3. The van der Waals surface area contributed by atoms with Crippen LogP contribution in [-0.4, -0.2) is 180 Å². The lowest BCUT2D eigenvalue weighted by Gasteiger charge is -2.32. The second kappa shape index (κ2) is 42.3. The van der Waals surface area contributed by atoms with Gasteiger partial charge in [-0.2, -0.15) is 54.0 Å². The number of ether oxygens (including phenoxy) is 4. The number of halogens is 3. The zero-order valence-electron chi connectivity index (χ0n) is 78.1. The number of hydrogen-bond donors (Lipinski definition) is 5. The van der Waals surface area contributed by atoms with Crippen LogP contribution in [-0.2, 0) is 39.3 Å². The van der Waals surface area contributed by atoms with Gasteiger partial charge in [0.2, 0.25) is 23.6 Å². The quantitative estimate of drug-likeness (QED) is 0.0393. The Morgan fingerprint density at radius 1 is 0.364 bits per heavy atom. The number of hydrogen-bond acceptors (Lipinski definition) is 24. The predicted molar refractivity (Wildman–Crippen MR) is 537 cm³/mol. The standard InChI is InChI=1S/C27H25F3N6O3.C27H28N6O3.C26H26N6O3.C24H22N6O3/c1-2-21(37)34-14-6-7-18(15-34)36-24-22(25(31)33-35(26(24)38)16-27(28,29)30)23(32-36)17-10-12-20(13-11-17)39-19-8-4-3-5-9-19;1-3-22(34)31-16-8-9-19(17-31)33-25-23(26(28)30-32(4-2)27(25)35)24(29-33)18-12-14-21(15-13-18)36-20-10-6-5-7-11-20;1-3-21(33)31-15-7-8-18(16-31)32-24-22(25(27)29-30(2)26(24)34)23(28-32)17-11-13-20(14-12-17)35-19-9-5-4-6-10-19;1-2-19(31)29-13-12-16(14-29)30-22-20(23(25)26-27-24(22)32)21(28-30)15-8-10-18(11-9-15)33-17-6-4-3-5-7-17/h2-5,8-13,18H,1,6-7,14-16H2,(H2,31,33);3,5-7,10-15,19H,1,4,8-9,16-17H2,2H3,(H2,28,30);3-6,9-14,18H,1,7-8,15-16H2,2H3,(H2,27,29);2-11,16H,1,12-14H2,(H2,25,26)(H,27,32). The molecular formula is C104H101F3N24O12. The lowest BCUT2D eigenvalue weighted by atomic mass is 10.1. The SMILES string of the molecule is C=CC(=O)N1CCC(n2nc(-c3ccc(Oc4ccccc4)cc3)c3c(N)n[nH]c(=O)c32)C1.C=CC(=O)N1CCCC(n2nc(-c3ccc(Oc4ccccc4)cc3)c3c(N)nn(C)c(=O)c32)C1.C=CC(=O)N1CCCC(n2nc(-c3ccc(Oc4ccccc4)cc3)c3c(N)nn(CC(F)(F)F)c(=O)c32)C1.C=CC(=O)N1CCCC(n2nc(-c3ccc(Oc4ccccc4)cc3)c3c(N)nn(CC)c(=O)c32)C1. The first-order chi connectivity index (χ1) is 69.1. The van der Waals surface area contributed by atoms with Crippen LogP contribution in [0.2, 0.25) is 0 Å². The number of aryl methyl sites for hydroxylation is 2. The first kappa shape index (κ1) is 96.9. The monoisotopic (exact) mass is 1930 g/mol. The van der Waals surface area contributed by atoms with Gasteiger partial charge in [-0.25, -0.2) is 19.1 Å². The van der Waals surface area contributed by atoms with Gasteiger partial charge in [-0.05, 0) is 222 Å². The maximum Gasteiger partial charge on any atom is 0.408 e. The zero-order chi connectivity index (χ0) is 100. The minimum absolute atomic E-state index is 0.0933. The maximum absolute atomic E-state index is 13.4. The molecular weight excluding hydrogens is 1830 g/mol. The van der Waals surface area contributed by atoms with Crippen molar-refractivity contribution in [3.05, 3.63) is 310 Å². The van der Waals surface area contributed by atoms with Crippen LogP contribution in [0.4, 0.5) is 36.4 Å². The molecule has 4 amide bonds. The Balaban J connectivity index is 0.000000131. The minimum atomic E-state index is -4.68. The van der Waals surface area contributed by atoms with Crippen molar-refractivity contribution in [1.29, 1.82) is 0 Å². The molecule has 8 aromatic heterocycles. The summed E-state index contributed by atoms with van der Waals surface area (Å²) in [7, 11) is 1.57. The van der Waals surface area contributed by atoms with E-state index in [1.807, 2.05) is 201 Å². The number of carbonyl (C=O) groups is 4. The first-order valence-electron chi connectivity index (χ1n) is 46.3. The Labute approximate surface area is 814 Å². The van der Waals surface area contributed by atoms with Crippen molar-refractivity contribution in [3.63, 3.8) is 0 Å². The van der Waals surface area contributed by atoms with Crippen molar-refractivity contribution in [2.75, 3.05) is 75.3 Å². The number of anilines is 4. The fourth-order valence-corrected chi connectivity index (χ4v) is 18.2. The topological polar surface area (TPSA) is 444 Å². The smallest absolute Gasteiger partial charge is 0.408 e. The van der Waals surface area contributed by atoms with Gasteiger partial charge < -0.3 is 61.5 Å². The number of rotatable bonds is 22.